The van der Waals surface area contributed by atoms with Gasteiger partial charge in [-0.3, -0.25) is 4.79 Å². The minimum atomic E-state index is 0.0858. The second-order valence-corrected chi connectivity index (χ2v) is 5.57. The molecule has 0 saturated carbocycles. The third kappa shape index (κ3) is 3.67. The molecule has 0 spiro atoms. The van der Waals surface area contributed by atoms with Crippen LogP contribution in [0.1, 0.15) is 29.5 Å². The molecule has 0 aromatic heterocycles. The third-order valence-electron chi connectivity index (χ3n) is 3.85. The predicted octanol–water partition coefficient (Wildman–Crippen LogP) is 4.08. The van der Waals surface area contributed by atoms with Crippen molar-refractivity contribution in [3.8, 4) is 11.8 Å². The number of carbonyl (C=O) groups excluding carboxylic acids is 1. The lowest BCUT2D eigenvalue weighted by Gasteiger charge is -2.16. The van der Waals surface area contributed by atoms with Gasteiger partial charge >= 0.3 is 0 Å². The van der Waals surface area contributed by atoms with Gasteiger partial charge in [-0.15, -0.1) is 0 Å². The van der Waals surface area contributed by atoms with Crippen LogP contribution in [0.5, 0.6) is 5.75 Å². The van der Waals surface area contributed by atoms with E-state index in [1.165, 1.54) is 5.56 Å². The largest absolute Gasteiger partial charge is 0.457 e. The quantitative estimate of drug-likeness (QED) is 0.858. The fraction of sp³-hybridized carbons (Fsp3) is 0.200. The zero-order chi connectivity index (χ0) is 16.1. The molecule has 2 aromatic rings. The van der Waals surface area contributed by atoms with Crippen LogP contribution in [-0.4, -0.2) is 5.78 Å². The number of ether oxygens (including phenoxy) is 1. The molecule has 0 fully saturated rings. The van der Waals surface area contributed by atoms with Crippen LogP contribution in [0.25, 0.3) is 5.76 Å². The Kier molecular flexibility index (Phi) is 4.54. The van der Waals surface area contributed by atoms with E-state index in [1.54, 1.807) is 6.08 Å². The van der Waals surface area contributed by atoms with E-state index in [0.29, 0.717) is 24.4 Å². The van der Waals surface area contributed by atoms with E-state index in [-0.39, 0.29) is 5.78 Å². The Bertz CT molecular complexity index is 799. The molecule has 0 saturated heterocycles. The first-order valence-electron chi connectivity index (χ1n) is 7.73. The summed E-state index contributed by atoms with van der Waals surface area (Å²) < 4.78 is 6.01. The molecule has 0 atom stereocenters. The number of ketones is 1. The van der Waals surface area contributed by atoms with E-state index in [1.807, 2.05) is 42.5 Å². The number of hydrogen-bond donors (Lipinski definition) is 0. The average Bonchev–Trinajstić information content (AvgIpc) is 2.54. The fourth-order valence-electron chi connectivity index (χ4n) is 2.75. The number of fused-ring (bicyclic) bond motifs is 1. The van der Waals surface area contributed by atoms with Gasteiger partial charge in [0, 0.05) is 18.1 Å². The van der Waals surface area contributed by atoms with Crippen molar-refractivity contribution in [1.82, 2.24) is 0 Å². The van der Waals surface area contributed by atoms with Crippen molar-refractivity contribution in [1.29, 1.82) is 5.26 Å². The summed E-state index contributed by atoms with van der Waals surface area (Å²) in [6, 6.07) is 17.6. The van der Waals surface area contributed by atoms with Crippen molar-refractivity contribution in [2.75, 3.05) is 0 Å². The highest BCUT2D eigenvalue weighted by Gasteiger charge is 2.15. The normalized spacial score (nSPS) is 14.0. The topological polar surface area (TPSA) is 50.1 Å². The van der Waals surface area contributed by atoms with Gasteiger partial charge in [0.1, 0.15) is 11.5 Å². The monoisotopic (exact) mass is 303 g/mol. The number of rotatable bonds is 3. The first-order valence-corrected chi connectivity index (χ1v) is 7.73. The maximum Gasteiger partial charge on any atom is 0.159 e. The molecular formula is C20H17NO2. The number of nitriles is 1. The standard InChI is InChI=1S/C20H17NO2/c21-12-11-15-5-3-9-18(13-15)23-20-14-17(22)8-4-7-16-6-1-2-10-19(16)20/h1-3,5-6,9-10,13-14H,4,7-8,11H2. The Morgan fingerprint density at radius 3 is 2.83 bits per heavy atom. The Hall–Kier alpha value is -2.86. The number of hydrogen-bond acceptors (Lipinski definition) is 3. The molecule has 0 N–H and O–H groups in total. The van der Waals surface area contributed by atoms with E-state index in [2.05, 4.69) is 12.1 Å². The van der Waals surface area contributed by atoms with Gasteiger partial charge < -0.3 is 4.74 Å². The van der Waals surface area contributed by atoms with Crippen LogP contribution in [0.15, 0.2) is 54.6 Å². The summed E-state index contributed by atoms with van der Waals surface area (Å²) in [5, 5.41) is 8.82. The second kappa shape index (κ2) is 6.93. The summed E-state index contributed by atoms with van der Waals surface area (Å²) in [6.07, 6.45) is 4.20. The van der Waals surface area contributed by atoms with Gasteiger partial charge in [0.2, 0.25) is 0 Å². The van der Waals surface area contributed by atoms with Crippen LogP contribution in [0.2, 0.25) is 0 Å². The molecule has 2 aromatic carbocycles. The molecule has 3 nitrogen and oxygen atoms in total. The maximum atomic E-state index is 12.0. The summed E-state index contributed by atoms with van der Waals surface area (Å²) in [4.78, 5) is 12.0. The zero-order valence-electron chi connectivity index (χ0n) is 12.8. The highest BCUT2D eigenvalue weighted by atomic mass is 16.5. The Labute approximate surface area is 135 Å². The van der Waals surface area contributed by atoms with Crippen molar-refractivity contribution >= 4 is 11.5 Å². The number of benzene rings is 2. The summed E-state index contributed by atoms with van der Waals surface area (Å²) in [6.45, 7) is 0. The minimum absolute atomic E-state index is 0.0858. The molecule has 0 aliphatic heterocycles. The first kappa shape index (κ1) is 15.1. The fourth-order valence-corrected chi connectivity index (χ4v) is 2.75. The van der Waals surface area contributed by atoms with Gasteiger partial charge in [-0.1, -0.05) is 36.4 Å². The molecule has 3 heteroatoms. The summed E-state index contributed by atoms with van der Waals surface area (Å²) in [5.74, 6) is 1.31. The summed E-state index contributed by atoms with van der Waals surface area (Å²) >= 11 is 0. The number of nitrogens with zero attached hydrogens (tertiary/aromatic N) is 1. The van der Waals surface area contributed by atoms with Crippen LogP contribution < -0.4 is 4.74 Å². The lowest BCUT2D eigenvalue weighted by molar-refractivity contribution is -0.114. The van der Waals surface area contributed by atoms with Crippen LogP contribution in [0.4, 0.5) is 0 Å². The number of allylic oxidation sites excluding steroid dienone is 1. The second-order valence-electron chi connectivity index (χ2n) is 5.57. The Morgan fingerprint density at radius 1 is 1.09 bits per heavy atom. The molecule has 23 heavy (non-hydrogen) atoms. The smallest absolute Gasteiger partial charge is 0.159 e. The van der Waals surface area contributed by atoms with Gasteiger partial charge in [0.15, 0.2) is 5.78 Å². The van der Waals surface area contributed by atoms with Gasteiger partial charge in [0.05, 0.1) is 12.5 Å². The Morgan fingerprint density at radius 2 is 1.96 bits per heavy atom. The molecule has 0 bridgehead atoms. The van der Waals surface area contributed by atoms with Crippen LogP contribution >= 0.6 is 0 Å². The van der Waals surface area contributed by atoms with Crippen molar-refractivity contribution in [2.24, 2.45) is 0 Å². The molecule has 1 aliphatic rings. The maximum absolute atomic E-state index is 12.0. The highest BCUT2D eigenvalue weighted by Crippen LogP contribution is 2.27. The van der Waals surface area contributed by atoms with E-state index in [9.17, 15) is 4.79 Å². The minimum Gasteiger partial charge on any atom is -0.457 e. The van der Waals surface area contributed by atoms with E-state index in [0.717, 1.165) is 24.0 Å². The molecule has 0 amide bonds. The Balaban J connectivity index is 1.96. The lowest BCUT2D eigenvalue weighted by Crippen LogP contribution is -2.07. The van der Waals surface area contributed by atoms with E-state index in [4.69, 9.17) is 10.00 Å². The molecule has 1 aliphatic carbocycles. The lowest BCUT2D eigenvalue weighted by atomic mass is 9.96. The first-order chi connectivity index (χ1) is 11.3. The molecule has 114 valence electrons. The highest BCUT2D eigenvalue weighted by molar-refractivity contribution is 5.96. The average molecular weight is 303 g/mol. The van der Waals surface area contributed by atoms with Crippen molar-refractivity contribution < 1.29 is 9.53 Å². The van der Waals surface area contributed by atoms with Crippen LogP contribution in [-0.2, 0) is 17.6 Å². The summed E-state index contributed by atoms with van der Waals surface area (Å²) in [7, 11) is 0. The number of carbonyl (C=O) groups is 1. The summed E-state index contributed by atoms with van der Waals surface area (Å²) in [5.41, 5.74) is 3.06. The molecular weight excluding hydrogens is 286 g/mol. The third-order valence-corrected chi connectivity index (χ3v) is 3.85. The molecule has 3 rings (SSSR count). The van der Waals surface area contributed by atoms with E-state index < -0.39 is 0 Å². The van der Waals surface area contributed by atoms with Gasteiger partial charge in [-0.05, 0) is 36.1 Å². The van der Waals surface area contributed by atoms with Crippen molar-refractivity contribution in [2.45, 2.75) is 25.7 Å². The van der Waals surface area contributed by atoms with Crippen molar-refractivity contribution in [3.63, 3.8) is 0 Å². The van der Waals surface area contributed by atoms with Crippen molar-refractivity contribution in [3.05, 3.63) is 71.3 Å². The van der Waals surface area contributed by atoms with Crippen LogP contribution in [0.3, 0.4) is 0 Å². The predicted molar refractivity (Wildman–Crippen MR) is 88.8 cm³/mol. The molecule has 0 radical (unpaired) electrons. The van der Waals surface area contributed by atoms with Crippen LogP contribution in [0, 0.1) is 11.3 Å². The van der Waals surface area contributed by atoms with Gasteiger partial charge in [-0.25, -0.2) is 0 Å². The zero-order valence-corrected chi connectivity index (χ0v) is 12.8. The number of aryl methyl sites for hydroxylation is 1. The molecule has 0 unspecified atom stereocenters. The van der Waals surface area contributed by atoms with E-state index >= 15 is 0 Å². The van der Waals surface area contributed by atoms with Gasteiger partial charge in [-0.2, -0.15) is 5.26 Å². The SMILES string of the molecule is N#CCc1cccc(OC2=CC(=O)CCCc3ccccc32)c1. The van der Waals surface area contributed by atoms with Gasteiger partial charge in [0.25, 0.3) is 0 Å². The molecule has 0 heterocycles.